The second-order valence-corrected chi connectivity index (χ2v) is 10.5. The summed E-state index contributed by atoms with van der Waals surface area (Å²) in [6.07, 6.45) is 1.86. The third kappa shape index (κ3) is 10.0. The molecule has 3 aromatic rings. The molecule has 0 aliphatic rings. The summed E-state index contributed by atoms with van der Waals surface area (Å²) >= 11 is 8.18. The van der Waals surface area contributed by atoms with Crippen LogP contribution in [0.5, 0.6) is 23.0 Å². The summed E-state index contributed by atoms with van der Waals surface area (Å²) in [5.74, 6) is -0.148. The number of hydrazone groups is 1. The van der Waals surface area contributed by atoms with Crippen molar-refractivity contribution in [1.29, 1.82) is 0 Å². The van der Waals surface area contributed by atoms with Gasteiger partial charge in [0.2, 0.25) is 0 Å². The van der Waals surface area contributed by atoms with E-state index < -0.39 is 11.8 Å². The molecule has 0 radical (unpaired) electrons. The fraction of sp³-hybridized carbons (Fsp3) is 0.267. The Bertz CT molecular complexity index is 1500. The Hall–Kier alpha value is -4.04. The predicted molar refractivity (Wildman–Crippen MR) is 173 cm³/mol. The molecule has 0 fully saturated rings. The molecule has 0 bridgehead atoms. The minimum Gasteiger partial charge on any atom is -0.493 e. The number of carbonyl (C=O) groups is 3. The molecule has 3 amide bonds. The van der Waals surface area contributed by atoms with Crippen LogP contribution in [0, 0.1) is 10.5 Å². The number of methoxy groups -OCH3 is 2. The lowest BCUT2D eigenvalue weighted by atomic mass is 10.1. The molecule has 0 saturated heterocycles. The third-order valence-electron chi connectivity index (χ3n) is 5.87. The van der Waals surface area contributed by atoms with Crippen LogP contribution in [0.4, 0.5) is 5.69 Å². The van der Waals surface area contributed by atoms with Crippen molar-refractivity contribution < 1.29 is 33.3 Å². The summed E-state index contributed by atoms with van der Waals surface area (Å²) in [6.45, 7) is 4.01. The van der Waals surface area contributed by atoms with Crippen molar-refractivity contribution in [2.45, 2.75) is 20.3 Å². The van der Waals surface area contributed by atoms with Crippen LogP contribution in [-0.4, -0.2) is 57.9 Å². The van der Waals surface area contributed by atoms with Crippen LogP contribution in [0.2, 0.25) is 5.02 Å². The summed E-state index contributed by atoms with van der Waals surface area (Å²) in [5.41, 5.74) is 5.16. The molecule has 0 aliphatic carbocycles. The van der Waals surface area contributed by atoms with Gasteiger partial charge < -0.3 is 29.6 Å². The molecular formula is C30H32ClIN4O7. The summed E-state index contributed by atoms with van der Waals surface area (Å²) in [7, 11) is 3.09. The molecule has 0 spiro atoms. The number of carbonyl (C=O) groups excluding carboxylic acids is 3. The third-order valence-corrected chi connectivity index (χ3v) is 7.08. The lowest BCUT2D eigenvalue weighted by Crippen LogP contribution is -2.38. The van der Waals surface area contributed by atoms with E-state index in [1.807, 2.05) is 26.0 Å². The molecule has 0 saturated carbocycles. The number of ether oxygens (including phenoxy) is 4. The maximum atomic E-state index is 12.5. The van der Waals surface area contributed by atoms with E-state index in [2.05, 4.69) is 43.8 Å². The zero-order valence-corrected chi connectivity index (χ0v) is 27.0. The fourth-order valence-corrected chi connectivity index (χ4v) is 4.69. The van der Waals surface area contributed by atoms with Crippen molar-refractivity contribution in [3.63, 3.8) is 0 Å². The second kappa shape index (κ2) is 16.6. The Morgan fingerprint density at radius 2 is 1.72 bits per heavy atom. The molecule has 0 heterocycles. The molecule has 3 rings (SSSR count). The van der Waals surface area contributed by atoms with E-state index in [0.717, 1.165) is 11.1 Å². The average Bonchev–Trinajstić information content (AvgIpc) is 2.98. The van der Waals surface area contributed by atoms with Crippen LogP contribution < -0.4 is 35.0 Å². The molecular weight excluding hydrogens is 691 g/mol. The monoisotopic (exact) mass is 722 g/mol. The number of hydrogen-bond acceptors (Lipinski definition) is 8. The highest BCUT2D eigenvalue weighted by molar-refractivity contribution is 14.1. The van der Waals surface area contributed by atoms with Crippen LogP contribution >= 0.6 is 34.2 Å². The molecule has 0 aliphatic heterocycles. The zero-order valence-electron chi connectivity index (χ0n) is 24.1. The van der Waals surface area contributed by atoms with Crippen molar-refractivity contribution in [2.24, 2.45) is 5.10 Å². The predicted octanol–water partition coefficient (Wildman–Crippen LogP) is 4.50. The zero-order chi connectivity index (χ0) is 31.4. The smallest absolute Gasteiger partial charge is 0.329 e. The fourth-order valence-electron chi connectivity index (χ4n) is 3.72. The molecule has 0 unspecified atom stereocenters. The Morgan fingerprint density at radius 1 is 0.953 bits per heavy atom. The number of rotatable bonds is 13. The maximum absolute atomic E-state index is 12.5. The number of nitrogens with one attached hydrogen (secondary N) is 3. The van der Waals surface area contributed by atoms with Gasteiger partial charge in [0.05, 0.1) is 30.6 Å². The minimum absolute atomic E-state index is 0.236. The van der Waals surface area contributed by atoms with Gasteiger partial charge in [-0.05, 0) is 95.9 Å². The molecule has 228 valence electrons. The number of aryl methyl sites for hydroxylation is 1. The van der Waals surface area contributed by atoms with Crippen molar-refractivity contribution in [1.82, 2.24) is 10.7 Å². The molecule has 3 N–H and O–H groups in total. The van der Waals surface area contributed by atoms with E-state index >= 15 is 0 Å². The number of benzene rings is 3. The van der Waals surface area contributed by atoms with Crippen LogP contribution in [-0.2, 0) is 20.8 Å². The number of halogens is 2. The minimum atomic E-state index is -0.913. The molecule has 0 aromatic heterocycles. The summed E-state index contributed by atoms with van der Waals surface area (Å²) in [6, 6.07) is 14.0. The van der Waals surface area contributed by atoms with Crippen molar-refractivity contribution in [3.8, 4) is 23.0 Å². The first-order chi connectivity index (χ1) is 20.6. The van der Waals surface area contributed by atoms with Gasteiger partial charge >= 0.3 is 11.8 Å². The molecule has 0 atom stereocenters. The van der Waals surface area contributed by atoms with Gasteiger partial charge in [-0.2, -0.15) is 5.10 Å². The number of nitrogens with zero attached hydrogens (tertiary/aromatic N) is 1. The van der Waals surface area contributed by atoms with Gasteiger partial charge in [-0.25, -0.2) is 5.43 Å². The highest BCUT2D eigenvalue weighted by atomic mass is 127. The van der Waals surface area contributed by atoms with E-state index in [9.17, 15) is 14.4 Å². The summed E-state index contributed by atoms with van der Waals surface area (Å²) in [5, 5.41) is 9.74. The molecule has 13 heteroatoms. The largest absolute Gasteiger partial charge is 0.493 e. The average molecular weight is 723 g/mol. The van der Waals surface area contributed by atoms with Gasteiger partial charge in [0, 0.05) is 17.3 Å². The van der Waals surface area contributed by atoms with Crippen molar-refractivity contribution in [2.75, 3.05) is 39.3 Å². The summed E-state index contributed by atoms with van der Waals surface area (Å²) in [4.78, 5) is 36.8. The first-order valence-electron chi connectivity index (χ1n) is 13.1. The quantitative estimate of drug-likeness (QED) is 0.102. The standard InChI is InChI=1S/C30H32ClIN4O7/c1-5-42-26-14-20(12-23(32)28(26)43-17-27(37)35-21-8-6-18(2)22(31)15-21)16-34-36-30(39)29(38)33-11-10-19-7-9-24(40-3)25(13-19)41-4/h6-9,12-16H,5,10-11,17H2,1-4H3,(H,33,38)(H,35,37)(H,36,39)/b34-16-. The molecule has 3 aromatic carbocycles. The Kier molecular flexibility index (Phi) is 12.9. The van der Waals surface area contributed by atoms with Crippen LogP contribution in [0.25, 0.3) is 0 Å². The van der Waals surface area contributed by atoms with Gasteiger partial charge in [0.1, 0.15) is 0 Å². The highest BCUT2D eigenvalue weighted by Gasteiger charge is 2.15. The number of anilines is 1. The SMILES string of the molecule is CCOc1cc(/C=N\NC(=O)C(=O)NCCc2ccc(OC)c(OC)c2)cc(I)c1OCC(=O)Nc1ccc(C)c(Cl)c1. The van der Waals surface area contributed by atoms with Gasteiger partial charge in [-0.1, -0.05) is 23.7 Å². The van der Waals surface area contributed by atoms with Gasteiger partial charge in [-0.15, -0.1) is 0 Å². The van der Waals surface area contributed by atoms with Crippen LogP contribution in [0.15, 0.2) is 53.6 Å². The van der Waals surface area contributed by atoms with E-state index in [4.69, 9.17) is 30.5 Å². The maximum Gasteiger partial charge on any atom is 0.329 e. The van der Waals surface area contributed by atoms with E-state index in [0.29, 0.717) is 55.9 Å². The first-order valence-corrected chi connectivity index (χ1v) is 14.6. The Morgan fingerprint density at radius 3 is 2.42 bits per heavy atom. The number of hydrogen-bond donors (Lipinski definition) is 3. The second-order valence-electron chi connectivity index (χ2n) is 8.96. The normalized spacial score (nSPS) is 10.7. The Balaban J connectivity index is 1.53. The van der Waals surface area contributed by atoms with Crippen LogP contribution in [0.1, 0.15) is 23.6 Å². The highest BCUT2D eigenvalue weighted by Crippen LogP contribution is 2.34. The topological polar surface area (TPSA) is 137 Å². The summed E-state index contributed by atoms with van der Waals surface area (Å²) < 4.78 is 22.6. The van der Waals surface area contributed by atoms with Gasteiger partial charge in [0.15, 0.2) is 29.6 Å². The van der Waals surface area contributed by atoms with Crippen molar-refractivity contribution >= 4 is 63.8 Å². The first kappa shape index (κ1) is 33.5. The van der Waals surface area contributed by atoms with Gasteiger partial charge in [0.25, 0.3) is 5.91 Å². The molecule has 43 heavy (non-hydrogen) atoms. The van der Waals surface area contributed by atoms with E-state index in [1.165, 1.54) is 6.21 Å². The van der Waals surface area contributed by atoms with Crippen molar-refractivity contribution in [3.05, 3.63) is 73.8 Å². The lowest BCUT2D eigenvalue weighted by molar-refractivity contribution is -0.139. The van der Waals surface area contributed by atoms with Crippen LogP contribution in [0.3, 0.4) is 0 Å². The molecule has 11 nitrogen and oxygen atoms in total. The number of amides is 3. The Labute approximate surface area is 268 Å². The van der Waals surface area contributed by atoms with E-state index in [1.54, 1.807) is 50.6 Å². The van der Waals surface area contributed by atoms with Gasteiger partial charge in [-0.3, -0.25) is 14.4 Å². The van der Waals surface area contributed by atoms with E-state index in [-0.39, 0.29) is 19.1 Å². The lowest BCUT2D eigenvalue weighted by Gasteiger charge is -2.15.